The van der Waals surface area contributed by atoms with Crippen molar-refractivity contribution in [2.45, 2.75) is 49.6 Å². The highest BCUT2D eigenvalue weighted by Gasteiger charge is 2.28. The summed E-state index contributed by atoms with van der Waals surface area (Å²) in [7, 11) is -3.82. The Hall–Kier alpha value is -3.04. The van der Waals surface area contributed by atoms with Crippen molar-refractivity contribution >= 4 is 27.6 Å². The highest BCUT2D eigenvalue weighted by atomic mass is 32.2. The topological polar surface area (TPSA) is 121 Å². The summed E-state index contributed by atoms with van der Waals surface area (Å²) in [5.74, 6) is -0.822. The second-order valence-electron chi connectivity index (χ2n) is 7.82. The molecule has 0 bridgehead atoms. The fourth-order valence-corrected chi connectivity index (χ4v) is 4.14. The van der Waals surface area contributed by atoms with Gasteiger partial charge in [-0.15, -0.1) is 0 Å². The van der Waals surface area contributed by atoms with E-state index in [1.807, 2.05) is 30.3 Å². The van der Waals surface area contributed by atoms with Crippen LogP contribution in [0.2, 0.25) is 0 Å². The largest absolute Gasteiger partial charge is 0.352 e. The molecule has 1 aliphatic rings. The number of ketones is 1. The zero-order valence-electron chi connectivity index (χ0n) is 17.8. The van der Waals surface area contributed by atoms with E-state index in [9.17, 15) is 22.8 Å². The zero-order chi connectivity index (χ0) is 23.1. The van der Waals surface area contributed by atoms with Gasteiger partial charge in [0, 0.05) is 31.0 Å². The van der Waals surface area contributed by atoms with Crippen LogP contribution in [0.3, 0.4) is 0 Å². The highest BCUT2D eigenvalue weighted by Crippen LogP contribution is 2.19. The van der Waals surface area contributed by atoms with Gasteiger partial charge in [0.05, 0.1) is 4.90 Å². The van der Waals surface area contributed by atoms with Crippen molar-refractivity contribution in [3.8, 4) is 0 Å². The molecule has 1 saturated carbocycles. The summed E-state index contributed by atoms with van der Waals surface area (Å²) < 4.78 is 27.2. The molecule has 170 valence electrons. The van der Waals surface area contributed by atoms with E-state index in [4.69, 9.17) is 0 Å². The van der Waals surface area contributed by atoms with Crippen LogP contribution in [0.1, 0.15) is 42.1 Å². The van der Waals surface area contributed by atoms with E-state index in [2.05, 4.69) is 15.4 Å². The van der Waals surface area contributed by atoms with Crippen LogP contribution in [0.25, 0.3) is 0 Å². The van der Waals surface area contributed by atoms with Crippen molar-refractivity contribution in [2.75, 3.05) is 6.54 Å². The molecule has 0 spiro atoms. The van der Waals surface area contributed by atoms with Crippen molar-refractivity contribution in [3.63, 3.8) is 0 Å². The van der Waals surface area contributed by atoms with Crippen LogP contribution in [-0.2, 0) is 26.0 Å². The molecule has 0 saturated heterocycles. The first-order valence-corrected chi connectivity index (χ1v) is 12.0. The third-order valence-electron chi connectivity index (χ3n) is 5.07. The number of rotatable bonds is 11. The Morgan fingerprint density at radius 1 is 1.00 bits per heavy atom. The average Bonchev–Trinajstić information content (AvgIpc) is 3.58. The van der Waals surface area contributed by atoms with E-state index in [1.165, 1.54) is 31.2 Å². The number of sulfonamides is 1. The second-order valence-corrected chi connectivity index (χ2v) is 9.59. The number of benzene rings is 2. The number of amides is 2. The van der Waals surface area contributed by atoms with Gasteiger partial charge in [-0.05, 0) is 37.5 Å². The zero-order valence-corrected chi connectivity index (χ0v) is 18.7. The Kier molecular flexibility index (Phi) is 7.76. The van der Waals surface area contributed by atoms with Crippen molar-refractivity contribution in [2.24, 2.45) is 0 Å². The number of Topliss-reactive ketones (excluding diaryl/α,β-unsaturated/α-hetero) is 1. The quantitative estimate of drug-likeness (QED) is 0.442. The average molecular weight is 458 g/mol. The SMILES string of the molecule is CC(=O)c1ccc(S(=O)(=O)NCCC(=O)NC(Cc2ccccc2)C(=O)NC2CC2)cc1. The number of carbonyl (C=O) groups is 3. The molecule has 2 amide bonds. The summed E-state index contributed by atoms with van der Waals surface area (Å²) >= 11 is 0. The Bertz CT molecular complexity index is 1060. The predicted molar refractivity (Wildman–Crippen MR) is 119 cm³/mol. The van der Waals surface area contributed by atoms with Gasteiger partial charge in [0.2, 0.25) is 21.8 Å². The molecule has 1 fully saturated rings. The first-order valence-electron chi connectivity index (χ1n) is 10.5. The Balaban J connectivity index is 1.54. The standard InChI is InChI=1S/C23H27N3O5S/c1-16(27)18-7-11-20(12-8-18)32(30,31)24-14-13-22(28)26-21(23(29)25-19-9-10-19)15-17-5-3-2-4-6-17/h2-8,11-12,19,21,24H,9-10,13-15H2,1H3,(H,25,29)(H,26,28). The molecular formula is C23H27N3O5S. The summed E-state index contributed by atoms with van der Waals surface area (Å²) in [5.41, 5.74) is 1.33. The van der Waals surface area contributed by atoms with Crippen molar-refractivity contribution in [3.05, 3.63) is 65.7 Å². The Morgan fingerprint density at radius 2 is 1.66 bits per heavy atom. The predicted octanol–water partition coefficient (Wildman–Crippen LogP) is 1.56. The molecule has 1 unspecified atom stereocenters. The molecule has 32 heavy (non-hydrogen) atoms. The summed E-state index contributed by atoms with van der Waals surface area (Å²) in [6.07, 6.45) is 2.10. The molecule has 0 aromatic heterocycles. The lowest BCUT2D eigenvalue weighted by atomic mass is 10.0. The van der Waals surface area contributed by atoms with E-state index in [0.29, 0.717) is 12.0 Å². The molecule has 8 nitrogen and oxygen atoms in total. The Morgan fingerprint density at radius 3 is 2.25 bits per heavy atom. The first-order chi connectivity index (χ1) is 15.2. The number of nitrogens with one attached hydrogen (secondary N) is 3. The third kappa shape index (κ3) is 7.00. The molecule has 3 N–H and O–H groups in total. The molecular weight excluding hydrogens is 430 g/mol. The van der Waals surface area contributed by atoms with E-state index >= 15 is 0 Å². The fourth-order valence-electron chi connectivity index (χ4n) is 3.11. The van der Waals surface area contributed by atoms with Gasteiger partial charge < -0.3 is 10.6 Å². The Labute approximate surface area is 187 Å². The smallest absolute Gasteiger partial charge is 0.243 e. The molecule has 0 aliphatic heterocycles. The second kappa shape index (κ2) is 10.5. The number of hydrogen-bond donors (Lipinski definition) is 3. The summed E-state index contributed by atoms with van der Waals surface area (Å²) in [6, 6.07) is 14.4. The lowest BCUT2D eigenvalue weighted by molar-refractivity contribution is -0.129. The van der Waals surface area contributed by atoms with Crippen LogP contribution >= 0.6 is 0 Å². The van der Waals surface area contributed by atoms with Gasteiger partial charge in [0.1, 0.15) is 6.04 Å². The minimum Gasteiger partial charge on any atom is -0.352 e. The lowest BCUT2D eigenvalue weighted by Crippen LogP contribution is -2.49. The fraction of sp³-hybridized carbons (Fsp3) is 0.348. The molecule has 0 radical (unpaired) electrons. The van der Waals surface area contributed by atoms with E-state index in [1.54, 1.807) is 0 Å². The van der Waals surface area contributed by atoms with Crippen molar-refractivity contribution in [1.82, 2.24) is 15.4 Å². The molecule has 1 atom stereocenters. The molecule has 3 rings (SSSR count). The van der Waals surface area contributed by atoms with Gasteiger partial charge in [-0.2, -0.15) is 0 Å². The normalized spacial score (nSPS) is 14.4. The third-order valence-corrected chi connectivity index (χ3v) is 6.55. The van der Waals surface area contributed by atoms with Crippen LogP contribution in [0.15, 0.2) is 59.5 Å². The maximum absolute atomic E-state index is 12.6. The maximum Gasteiger partial charge on any atom is 0.243 e. The van der Waals surface area contributed by atoms with Crippen LogP contribution < -0.4 is 15.4 Å². The van der Waals surface area contributed by atoms with Gasteiger partial charge in [0.25, 0.3) is 0 Å². The van der Waals surface area contributed by atoms with Crippen LogP contribution in [0, 0.1) is 0 Å². The minimum atomic E-state index is -3.82. The van der Waals surface area contributed by atoms with Gasteiger partial charge in [0.15, 0.2) is 5.78 Å². The molecule has 2 aromatic rings. The van der Waals surface area contributed by atoms with Crippen LogP contribution in [-0.4, -0.2) is 44.6 Å². The van der Waals surface area contributed by atoms with E-state index in [-0.39, 0.29) is 35.6 Å². The highest BCUT2D eigenvalue weighted by molar-refractivity contribution is 7.89. The molecule has 9 heteroatoms. The van der Waals surface area contributed by atoms with Crippen molar-refractivity contribution in [1.29, 1.82) is 0 Å². The first kappa shape index (κ1) is 23.6. The molecule has 1 aliphatic carbocycles. The number of hydrogen-bond acceptors (Lipinski definition) is 5. The minimum absolute atomic E-state index is 0.00803. The van der Waals surface area contributed by atoms with Crippen LogP contribution in [0.5, 0.6) is 0 Å². The molecule has 2 aromatic carbocycles. The van der Waals surface area contributed by atoms with Gasteiger partial charge in [-0.25, -0.2) is 13.1 Å². The van der Waals surface area contributed by atoms with Gasteiger partial charge in [-0.1, -0.05) is 42.5 Å². The van der Waals surface area contributed by atoms with E-state index in [0.717, 1.165) is 18.4 Å². The monoisotopic (exact) mass is 457 g/mol. The van der Waals surface area contributed by atoms with Crippen molar-refractivity contribution < 1.29 is 22.8 Å². The number of carbonyl (C=O) groups excluding carboxylic acids is 3. The molecule has 0 heterocycles. The lowest BCUT2D eigenvalue weighted by Gasteiger charge is -2.19. The summed E-state index contributed by atoms with van der Waals surface area (Å²) in [4.78, 5) is 36.3. The van der Waals surface area contributed by atoms with Gasteiger partial charge in [-0.3, -0.25) is 14.4 Å². The van der Waals surface area contributed by atoms with Crippen LogP contribution in [0.4, 0.5) is 0 Å². The van der Waals surface area contributed by atoms with E-state index < -0.39 is 22.0 Å². The maximum atomic E-state index is 12.6. The summed E-state index contributed by atoms with van der Waals surface area (Å²) in [5, 5.41) is 5.63. The van der Waals surface area contributed by atoms with Gasteiger partial charge >= 0.3 is 0 Å². The summed E-state index contributed by atoms with van der Waals surface area (Å²) in [6.45, 7) is 1.28.